The molecule has 0 spiro atoms. The van der Waals surface area contributed by atoms with Gasteiger partial charge in [0.25, 0.3) is 0 Å². The maximum atomic E-state index is 11.5. The van der Waals surface area contributed by atoms with Crippen LogP contribution >= 0.6 is 0 Å². The largest absolute Gasteiger partial charge is 0.330 e. The minimum Gasteiger partial charge on any atom is -0.330 e. The van der Waals surface area contributed by atoms with Crippen LogP contribution in [-0.4, -0.2) is 48.8 Å². The number of hydrogen-bond donors (Lipinski definition) is 0. The highest BCUT2D eigenvalue weighted by molar-refractivity contribution is 7.90. The van der Waals surface area contributed by atoms with Gasteiger partial charge < -0.3 is 9.47 Å². The molecule has 2 rings (SSSR count). The molecular formula is C16H23N3O2S. The van der Waals surface area contributed by atoms with Crippen molar-refractivity contribution in [2.45, 2.75) is 25.3 Å². The van der Waals surface area contributed by atoms with Crippen LogP contribution < -0.4 is 0 Å². The molecular weight excluding hydrogens is 298 g/mol. The molecule has 0 aliphatic heterocycles. The third-order valence-corrected chi connectivity index (χ3v) is 4.94. The number of benzene rings is 1. The fourth-order valence-electron chi connectivity index (χ4n) is 2.39. The molecule has 6 heteroatoms. The van der Waals surface area contributed by atoms with Crippen LogP contribution in [0.2, 0.25) is 0 Å². The van der Waals surface area contributed by atoms with Crippen LogP contribution in [0, 0.1) is 0 Å². The van der Waals surface area contributed by atoms with Gasteiger partial charge in [-0.3, -0.25) is 0 Å². The molecule has 2 aromatic rings. The lowest BCUT2D eigenvalue weighted by atomic mass is 10.2. The second-order valence-corrected chi connectivity index (χ2v) is 7.28. The van der Waals surface area contributed by atoms with Gasteiger partial charge in [-0.2, -0.15) is 0 Å². The minimum absolute atomic E-state index is 0.331. The van der Waals surface area contributed by atoms with E-state index in [-0.39, 0.29) is 0 Å². The summed E-state index contributed by atoms with van der Waals surface area (Å²) in [6.45, 7) is 8.21. The van der Waals surface area contributed by atoms with E-state index in [2.05, 4.69) is 28.3 Å². The van der Waals surface area contributed by atoms with E-state index in [0.29, 0.717) is 4.90 Å². The maximum absolute atomic E-state index is 11.5. The van der Waals surface area contributed by atoms with Crippen molar-refractivity contribution < 1.29 is 8.42 Å². The molecule has 0 aliphatic rings. The van der Waals surface area contributed by atoms with Gasteiger partial charge in [0.1, 0.15) is 5.82 Å². The minimum atomic E-state index is -3.16. The van der Waals surface area contributed by atoms with Gasteiger partial charge in [-0.1, -0.05) is 13.8 Å². The number of aromatic nitrogens is 2. The van der Waals surface area contributed by atoms with Crippen LogP contribution in [0.4, 0.5) is 0 Å². The molecule has 0 unspecified atom stereocenters. The van der Waals surface area contributed by atoms with Gasteiger partial charge in [-0.15, -0.1) is 0 Å². The molecule has 0 aliphatic carbocycles. The molecule has 0 bridgehead atoms. The monoisotopic (exact) mass is 321 g/mol. The van der Waals surface area contributed by atoms with Crippen LogP contribution in [0.15, 0.2) is 41.6 Å². The molecule has 0 saturated heterocycles. The van der Waals surface area contributed by atoms with Crippen molar-refractivity contribution >= 4 is 9.84 Å². The summed E-state index contributed by atoms with van der Waals surface area (Å²) >= 11 is 0. The SMILES string of the molecule is CCN(CC)CCn1ccnc1-c1ccc(S(C)(=O)=O)cc1. The number of hydrogen-bond acceptors (Lipinski definition) is 4. The summed E-state index contributed by atoms with van der Waals surface area (Å²) in [7, 11) is -3.16. The Labute approximate surface area is 132 Å². The fourth-order valence-corrected chi connectivity index (χ4v) is 3.02. The van der Waals surface area contributed by atoms with Crippen LogP contribution in [0.1, 0.15) is 13.8 Å². The summed E-state index contributed by atoms with van der Waals surface area (Å²) in [6.07, 6.45) is 4.96. The van der Waals surface area contributed by atoms with Gasteiger partial charge in [-0.25, -0.2) is 13.4 Å². The van der Waals surface area contributed by atoms with Crippen molar-refractivity contribution in [3.05, 3.63) is 36.7 Å². The summed E-state index contributed by atoms with van der Waals surface area (Å²) in [6, 6.07) is 6.89. The zero-order valence-corrected chi connectivity index (χ0v) is 14.2. The van der Waals surface area contributed by atoms with Crippen LogP contribution in [0.25, 0.3) is 11.4 Å². The van der Waals surface area contributed by atoms with Gasteiger partial charge in [-0.05, 0) is 37.4 Å². The van der Waals surface area contributed by atoms with Crippen molar-refractivity contribution in [3.63, 3.8) is 0 Å². The summed E-state index contributed by atoms with van der Waals surface area (Å²) < 4.78 is 25.1. The van der Waals surface area contributed by atoms with E-state index in [1.165, 1.54) is 6.26 Å². The van der Waals surface area contributed by atoms with E-state index in [1.807, 2.05) is 18.3 Å². The topological polar surface area (TPSA) is 55.2 Å². The Kier molecular flexibility index (Phi) is 5.37. The van der Waals surface area contributed by atoms with Gasteiger partial charge in [0, 0.05) is 37.3 Å². The van der Waals surface area contributed by atoms with Crippen LogP contribution in [-0.2, 0) is 16.4 Å². The number of nitrogens with zero attached hydrogens (tertiary/aromatic N) is 3. The Hall–Kier alpha value is -1.66. The summed E-state index contributed by atoms with van der Waals surface area (Å²) in [4.78, 5) is 7.09. The zero-order valence-electron chi connectivity index (χ0n) is 13.4. The Morgan fingerprint density at radius 2 is 1.77 bits per heavy atom. The third kappa shape index (κ3) is 3.96. The van der Waals surface area contributed by atoms with Crippen molar-refractivity contribution in [1.82, 2.24) is 14.5 Å². The molecule has 0 saturated carbocycles. The van der Waals surface area contributed by atoms with E-state index in [9.17, 15) is 8.42 Å². The summed E-state index contributed by atoms with van der Waals surface area (Å²) in [5.74, 6) is 0.868. The van der Waals surface area contributed by atoms with E-state index >= 15 is 0 Å². The van der Waals surface area contributed by atoms with Crippen molar-refractivity contribution in [2.75, 3.05) is 25.9 Å². The van der Waals surface area contributed by atoms with Crippen LogP contribution in [0.5, 0.6) is 0 Å². The first-order valence-electron chi connectivity index (χ1n) is 7.49. The first-order valence-corrected chi connectivity index (χ1v) is 9.38. The molecule has 120 valence electrons. The quantitative estimate of drug-likeness (QED) is 0.785. The lowest BCUT2D eigenvalue weighted by Crippen LogP contribution is -2.27. The number of likely N-dealkylation sites (N-methyl/N-ethyl adjacent to an activating group) is 1. The van der Waals surface area contributed by atoms with Crippen molar-refractivity contribution in [1.29, 1.82) is 0 Å². The highest BCUT2D eigenvalue weighted by atomic mass is 32.2. The Morgan fingerprint density at radius 3 is 2.32 bits per heavy atom. The normalized spacial score (nSPS) is 12.0. The molecule has 0 N–H and O–H groups in total. The average Bonchev–Trinajstić information content (AvgIpc) is 2.96. The molecule has 1 heterocycles. The molecule has 0 amide bonds. The lowest BCUT2D eigenvalue weighted by Gasteiger charge is -2.18. The highest BCUT2D eigenvalue weighted by Crippen LogP contribution is 2.20. The first-order chi connectivity index (χ1) is 10.5. The molecule has 0 radical (unpaired) electrons. The van der Waals surface area contributed by atoms with Gasteiger partial charge in [0.05, 0.1) is 4.90 Å². The van der Waals surface area contributed by atoms with E-state index in [0.717, 1.165) is 37.6 Å². The molecule has 1 aromatic carbocycles. The highest BCUT2D eigenvalue weighted by Gasteiger charge is 2.10. The van der Waals surface area contributed by atoms with E-state index in [4.69, 9.17) is 0 Å². The predicted molar refractivity (Wildman–Crippen MR) is 88.6 cm³/mol. The second kappa shape index (κ2) is 7.07. The van der Waals surface area contributed by atoms with Crippen molar-refractivity contribution in [2.24, 2.45) is 0 Å². The second-order valence-electron chi connectivity index (χ2n) is 5.27. The van der Waals surface area contributed by atoms with Gasteiger partial charge >= 0.3 is 0 Å². The van der Waals surface area contributed by atoms with E-state index < -0.39 is 9.84 Å². The standard InChI is InChI=1S/C16H23N3O2S/c1-4-18(5-2)12-13-19-11-10-17-16(19)14-6-8-15(9-7-14)22(3,20)21/h6-11H,4-5,12-13H2,1-3H3. The Bertz CT molecular complexity index is 701. The molecule has 22 heavy (non-hydrogen) atoms. The molecule has 0 atom stereocenters. The van der Waals surface area contributed by atoms with E-state index in [1.54, 1.807) is 18.3 Å². The lowest BCUT2D eigenvalue weighted by molar-refractivity contribution is 0.291. The first kappa shape index (κ1) is 16.7. The number of sulfone groups is 1. The summed E-state index contributed by atoms with van der Waals surface area (Å²) in [5, 5.41) is 0. The number of rotatable bonds is 7. The molecule has 0 fully saturated rings. The van der Waals surface area contributed by atoms with Crippen molar-refractivity contribution in [3.8, 4) is 11.4 Å². The Morgan fingerprint density at radius 1 is 1.14 bits per heavy atom. The Balaban J connectivity index is 2.18. The number of imidazole rings is 1. The van der Waals surface area contributed by atoms with Crippen LogP contribution in [0.3, 0.4) is 0 Å². The predicted octanol–water partition coefficient (Wildman–Crippen LogP) is 2.30. The molecule has 1 aromatic heterocycles. The van der Waals surface area contributed by atoms with Gasteiger partial charge in [0.15, 0.2) is 9.84 Å². The maximum Gasteiger partial charge on any atom is 0.175 e. The molecule has 5 nitrogen and oxygen atoms in total. The average molecular weight is 321 g/mol. The van der Waals surface area contributed by atoms with Gasteiger partial charge in [0.2, 0.25) is 0 Å². The smallest absolute Gasteiger partial charge is 0.175 e. The fraction of sp³-hybridized carbons (Fsp3) is 0.438. The zero-order chi connectivity index (χ0) is 16.2. The summed E-state index contributed by atoms with van der Waals surface area (Å²) in [5.41, 5.74) is 0.928. The third-order valence-electron chi connectivity index (χ3n) is 3.81.